The number of hydrogen-bond donors (Lipinski definition) is 1. The molecule has 110 valence electrons. The summed E-state index contributed by atoms with van der Waals surface area (Å²) in [7, 11) is 0. The van der Waals surface area contributed by atoms with Crippen molar-refractivity contribution in [2.45, 2.75) is 64.0 Å². The van der Waals surface area contributed by atoms with Gasteiger partial charge in [-0.15, -0.1) is 0 Å². The van der Waals surface area contributed by atoms with Gasteiger partial charge in [-0.05, 0) is 63.3 Å². The molecular weight excluding hydrogens is 246 g/mol. The molecule has 0 aromatic heterocycles. The van der Waals surface area contributed by atoms with Crippen LogP contribution in [-0.2, 0) is 5.41 Å². The fourth-order valence-corrected chi connectivity index (χ4v) is 4.17. The topological polar surface area (TPSA) is 21.3 Å². The van der Waals surface area contributed by atoms with E-state index in [1.165, 1.54) is 31.2 Å². The minimum atomic E-state index is 0.243. The van der Waals surface area contributed by atoms with Crippen molar-refractivity contribution in [1.29, 1.82) is 0 Å². The van der Waals surface area contributed by atoms with Crippen molar-refractivity contribution < 1.29 is 4.74 Å². The molecule has 1 aromatic rings. The molecule has 2 heteroatoms. The molecule has 2 nitrogen and oxygen atoms in total. The predicted octanol–water partition coefficient (Wildman–Crippen LogP) is 3.89. The summed E-state index contributed by atoms with van der Waals surface area (Å²) < 4.78 is 5.90. The van der Waals surface area contributed by atoms with Crippen LogP contribution in [0.25, 0.3) is 0 Å². The Hall–Kier alpha value is -1.02. The monoisotopic (exact) mass is 273 g/mol. The molecule has 0 amide bonds. The lowest BCUT2D eigenvalue weighted by molar-refractivity contribution is 0.119. The zero-order chi connectivity index (χ0) is 14.2. The highest BCUT2D eigenvalue weighted by atomic mass is 16.5. The van der Waals surface area contributed by atoms with Crippen molar-refractivity contribution in [2.75, 3.05) is 6.54 Å². The van der Waals surface area contributed by atoms with E-state index in [2.05, 4.69) is 50.4 Å². The molecule has 1 heterocycles. The Balaban J connectivity index is 1.93. The van der Waals surface area contributed by atoms with Crippen LogP contribution in [0.1, 0.15) is 52.0 Å². The second-order valence-electron chi connectivity index (χ2n) is 6.95. The zero-order valence-corrected chi connectivity index (χ0v) is 13.0. The molecule has 20 heavy (non-hydrogen) atoms. The standard InChI is InChI=1S/C18H27NO/c1-13(2)20-17-8-4-6-15(10-17)18-9-5-7-16(11-18)19-12-14(18)3/h4,6,8,10,13-14,16,19H,5,7,9,11-12H2,1-3H3/t14-,16-,18+/m1/s1. The number of rotatable bonds is 3. The van der Waals surface area contributed by atoms with Gasteiger partial charge < -0.3 is 10.1 Å². The van der Waals surface area contributed by atoms with Crippen molar-refractivity contribution in [3.05, 3.63) is 29.8 Å². The maximum Gasteiger partial charge on any atom is 0.119 e. The van der Waals surface area contributed by atoms with E-state index in [1.54, 1.807) is 0 Å². The molecule has 1 aliphatic carbocycles. The normalized spacial score (nSPS) is 33.2. The largest absolute Gasteiger partial charge is 0.491 e. The highest BCUT2D eigenvalue weighted by Gasteiger charge is 2.45. The lowest BCUT2D eigenvalue weighted by Gasteiger charge is -2.50. The van der Waals surface area contributed by atoms with Gasteiger partial charge in [-0.3, -0.25) is 0 Å². The van der Waals surface area contributed by atoms with Crippen LogP contribution in [0.3, 0.4) is 0 Å². The minimum absolute atomic E-state index is 0.243. The first-order valence-electron chi connectivity index (χ1n) is 8.11. The van der Waals surface area contributed by atoms with E-state index in [9.17, 15) is 0 Å². The number of ether oxygens (including phenoxy) is 1. The summed E-state index contributed by atoms with van der Waals surface area (Å²) in [6.45, 7) is 7.74. The van der Waals surface area contributed by atoms with Crippen molar-refractivity contribution in [1.82, 2.24) is 5.32 Å². The quantitative estimate of drug-likeness (QED) is 0.902. The van der Waals surface area contributed by atoms with Gasteiger partial charge in [0.2, 0.25) is 0 Å². The molecule has 0 unspecified atom stereocenters. The Morgan fingerprint density at radius 3 is 3.00 bits per heavy atom. The first-order chi connectivity index (χ1) is 9.60. The molecule has 0 radical (unpaired) electrons. The summed E-state index contributed by atoms with van der Waals surface area (Å²) >= 11 is 0. The van der Waals surface area contributed by atoms with Gasteiger partial charge in [-0.1, -0.05) is 25.5 Å². The van der Waals surface area contributed by atoms with Gasteiger partial charge >= 0.3 is 0 Å². The summed E-state index contributed by atoms with van der Waals surface area (Å²) in [4.78, 5) is 0. The van der Waals surface area contributed by atoms with Crippen LogP contribution in [0.5, 0.6) is 5.75 Å². The summed E-state index contributed by atoms with van der Waals surface area (Å²) in [6.07, 6.45) is 5.55. The van der Waals surface area contributed by atoms with Crippen LogP contribution in [0.2, 0.25) is 0 Å². The highest BCUT2D eigenvalue weighted by molar-refractivity contribution is 5.36. The number of fused-ring (bicyclic) bond motifs is 2. The first kappa shape index (κ1) is 13.9. The molecular formula is C18H27NO. The SMILES string of the molecule is CC(C)Oc1cccc([C@@]23CCC[C@H](C2)NC[C@H]3C)c1. The molecule has 1 aliphatic heterocycles. The van der Waals surface area contributed by atoms with E-state index >= 15 is 0 Å². The van der Waals surface area contributed by atoms with Crippen molar-refractivity contribution in [3.63, 3.8) is 0 Å². The lowest BCUT2D eigenvalue weighted by Crippen LogP contribution is -2.54. The Morgan fingerprint density at radius 1 is 1.35 bits per heavy atom. The van der Waals surface area contributed by atoms with Crippen LogP contribution in [0.4, 0.5) is 0 Å². The van der Waals surface area contributed by atoms with Gasteiger partial charge in [0.25, 0.3) is 0 Å². The minimum Gasteiger partial charge on any atom is -0.491 e. The van der Waals surface area contributed by atoms with Crippen LogP contribution < -0.4 is 10.1 Å². The zero-order valence-electron chi connectivity index (χ0n) is 13.0. The van der Waals surface area contributed by atoms with Gasteiger partial charge in [-0.2, -0.15) is 0 Å². The number of benzene rings is 1. The van der Waals surface area contributed by atoms with E-state index in [0.717, 1.165) is 18.3 Å². The molecule has 3 atom stereocenters. The second-order valence-corrected chi connectivity index (χ2v) is 6.95. The van der Waals surface area contributed by atoms with Crippen LogP contribution in [0.15, 0.2) is 24.3 Å². The van der Waals surface area contributed by atoms with E-state index in [-0.39, 0.29) is 6.10 Å². The highest BCUT2D eigenvalue weighted by Crippen LogP contribution is 2.47. The van der Waals surface area contributed by atoms with E-state index < -0.39 is 0 Å². The second kappa shape index (κ2) is 5.40. The predicted molar refractivity (Wildman–Crippen MR) is 83.3 cm³/mol. The number of hydrogen-bond acceptors (Lipinski definition) is 2. The van der Waals surface area contributed by atoms with Crippen LogP contribution >= 0.6 is 0 Å². The third kappa shape index (κ3) is 2.46. The van der Waals surface area contributed by atoms with Gasteiger partial charge in [0.1, 0.15) is 5.75 Å². The van der Waals surface area contributed by atoms with E-state index in [1.807, 2.05) is 0 Å². The van der Waals surface area contributed by atoms with Gasteiger partial charge in [0.15, 0.2) is 0 Å². The third-order valence-corrected chi connectivity index (χ3v) is 5.22. The smallest absolute Gasteiger partial charge is 0.119 e. The molecule has 1 saturated heterocycles. The van der Waals surface area contributed by atoms with Crippen LogP contribution in [-0.4, -0.2) is 18.7 Å². The summed E-state index contributed by atoms with van der Waals surface area (Å²) in [5.41, 5.74) is 1.86. The summed E-state index contributed by atoms with van der Waals surface area (Å²) in [6, 6.07) is 9.59. The Labute approximate surface area is 122 Å². The van der Waals surface area contributed by atoms with E-state index in [0.29, 0.717) is 11.3 Å². The third-order valence-electron chi connectivity index (χ3n) is 5.22. The Kier molecular flexibility index (Phi) is 3.76. The summed E-state index contributed by atoms with van der Waals surface area (Å²) in [5.74, 6) is 1.73. The molecule has 1 aromatic carbocycles. The molecule has 0 spiro atoms. The Bertz CT molecular complexity index is 470. The molecule has 2 fully saturated rings. The fourth-order valence-electron chi connectivity index (χ4n) is 4.17. The molecule has 2 aliphatic rings. The van der Waals surface area contributed by atoms with Crippen molar-refractivity contribution in [2.24, 2.45) is 5.92 Å². The average molecular weight is 273 g/mol. The summed E-state index contributed by atoms with van der Waals surface area (Å²) in [5, 5.41) is 3.71. The molecule has 2 bridgehead atoms. The van der Waals surface area contributed by atoms with Crippen molar-refractivity contribution >= 4 is 0 Å². The molecule has 1 N–H and O–H groups in total. The van der Waals surface area contributed by atoms with Gasteiger partial charge in [-0.25, -0.2) is 0 Å². The maximum absolute atomic E-state index is 5.90. The van der Waals surface area contributed by atoms with Crippen LogP contribution in [0, 0.1) is 5.92 Å². The molecule has 1 saturated carbocycles. The lowest BCUT2D eigenvalue weighted by atomic mass is 9.59. The average Bonchev–Trinajstić information content (AvgIpc) is 2.43. The van der Waals surface area contributed by atoms with Crippen molar-refractivity contribution in [3.8, 4) is 5.75 Å². The number of piperidine rings is 1. The first-order valence-corrected chi connectivity index (χ1v) is 8.11. The Morgan fingerprint density at radius 2 is 2.20 bits per heavy atom. The fraction of sp³-hybridized carbons (Fsp3) is 0.667. The maximum atomic E-state index is 5.90. The number of nitrogens with one attached hydrogen (secondary N) is 1. The van der Waals surface area contributed by atoms with Gasteiger partial charge in [0.05, 0.1) is 6.10 Å². The molecule has 3 rings (SSSR count). The van der Waals surface area contributed by atoms with E-state index in [4.69, 9.17) is 4.74 Å². The van der Waals surface area contributed by atoms with Gasteiger partial charge in [0, 0.05) is 11.5 Å².